The molecule has 0 aliphatic heterocycles. The van der Waals surface area contributed by atoms with E-state index >= 15 is 0 Å². The summed E-state index contributed by atoms with van der Waals surface area (Å²) in [5.74, 6) is 0. The molecule has 4 rings (SSSR count). The standard InChI is InChI=1S/C19H18N4O2/c1-25-10-12-3-5-17-15(12)7-13(9-21-17)11-2-4-14-16(6-11)18(8-20)22-23-19(14)24/h2-4,6-7,9H,5,8,10,20H2,1H3,(H,23,24). The zero-order valence-corrected chi connectivity index (χ0v) is 13.9. The van der Waals surface area contributed by atoms with Crippen LogP contribution in [0.15, 0.2) is 41.3 Å². The number of fused-ring (bicyclic) bond motifs is 2. The van der Waals surface area contributed by atoms with Crippen molar-refractivity contribution < 1.29 is 4.74 Å². The lowest BCUT2D eigenvalue weighted by atomic mass is 9.99. The Morgan fingerprint density at radius 2 is 2.12 bits per heavy atom. The average molecular weight is 334 g/mol. The molecule has 0 saturated carbocycles. The van der Waals surface area contributed by atoms with E-state index in [0.717, 1.165) is 39.8 Å². The van der Waals surface area contributed by atoms with E-state index in [2.05, 4.69) is 27.3 Å². The van der Waals surface area contributed by atoms with Crippen LogP contribution in [0.3, 0.4) is 0 Å². The minimum absolute atomic E-state index is 0.212. The first-order valence-electron chi connectivity index (χ1n) is 8.10. The van der Waals surface area contributed by atoms with Gasteiger partial charge in [-0.3, -0.25) is 9.78 Å². The molecule has 0 saturated heterocycles. The summed E-state index contributed by atoms with van der Waals surface area (Å²) in [5, 5.41) is 7.90. The highest BCUT2D eigenvalue weighted by atomic mass is 16.5. The fourth-order valence-electron chi connectivity index (χ4n) is 3.27. The number of allylic oxidation sites excluding steroid dienone is 1. The number of hydrogen-bond acceptors (Lipinski definition) is 5. The van der Waals surface area contributed by atoms with Gasteiger partial charge in [-0.2, -0.15) is 5.10 Å². The van der Waals surface area contributed by atoms with E-state index in [4.69, 9.17) is 10.5 Å². The Bertz CT molecular complexity index is 1050. The zero-order valence-electron chi connectivity index (χ0n) is 13.9. The number of nitrogens with one attached hydrogen (secondary N) is 1. The van der Waals surface area contributed by atoms with Crippen LogP contribution in [0.2, 0.25) is 0 Å². The summed E-state index contributed by atoms with van der Waals surface area (Å²) in [4.78, 5) is 16.6. The summed E-state index contributed by atoms with van der Waals surface area (Å²) >= 11 is 0. The Hall–Kier alpha value is -2.83. The fraction of sp³-hybridized carbons (Fsp3) is 0.211. The maximum absolute atomic E-state index is 12.0. The third-order valence-electron chi connectivity index (χ3n) is 4.55. The smallest absolute Gasteiger partial charge is 0.272 e. The Morgan fingerprint density at radius 1 is 1.24 bits per heavy atom. The van der Waals surface area contributed by atoms with E-state index in [1.165, 1.54) is 0 Å². The van der Waals surface area contributed by atoms with Crippen LogP contribution < -0.4 is 11.3 Å². The molecular weight excluding hydrogens is 316 g/mol. The Morgan fingerprint density at radius 3 is 2.92 bits per heavy atom. The zero-order chi connectivity index (χ0) is 17.4. The minimum Gasteiger partial charge on any atom is -0.380 e. The molecule has 1 aromatic carbocycles. The number of aromatic amines is 1. The first-order chi connectivity index (χ1) is 12.2. The van der Waals surface area contributed by atoms with E-state index in [1.54, 1.807) is 7.11 Å². The van der Waals surface area contributed by atoms with Crippen LogP contribution in [0, 0.1) is 0 Å². The first-order valence-corrected chi connectivity index (χ1v) is 8.10. The molecule has 0 amide bonds. The van der Waals surface area contributed by atoms with Gasteiger partial charge in [0.2, 0.25) is 0 Å². The van der Waals surface area contributed by atoms with Crippen molar-refractivity contribution in [2.24, 2.45) is 5.73 Å². The third kappa shape index (κ3) is 2.65. The Kier molecular flexibility index (Phi) is 3.91. The van der Waals surface area contributed by atoms with E-state index in [-0.39, 0.29) is 12.1 Å². The number of benzene rings is 1. The van der Waals surface area contributed by atoms with Crippen molar-refractivity contribution in [2.75, 3.05) is 13.7 Å². The van der Waals surface area contributed by atoms with Crippen LogP contribution in [0.25, 0.3) is 27.5 Å². The second-order valence-corrected chi connectivity index (χ2v) is 6.05. The van der Waals surface area contributed by atoms with Gasteiger partial charge in [-0.05, 0) is 29.3 Å². The first kappa shape index (κ1) is 15.7. The predicted molar refractivity (Wildman–Crippen MR) is 97.0 cm³/mol. The largest absolute Gasteiger partial charge is 0.380 e. The lowest BCUT2D eigenvalue weighted by molar-refractivity contribution is 0.240. The number of hydrogen-bond donors (Lipinski definition) is 2. The number of rotatable bonds is 4. The quantitative estimate of drug-likeness (QED) is 0.761. The van der Waals surface area contributed by atoms with Gasteiger partial charge >= 0.3 is 0 Å². The highest BCUT2D eigenvalue weighted by Crippen LogP contribution is 2.31. The van der Waals surface area contributed by atoms with Gasteiger partial charge in [0.15, 0.2) is 0 Å². The summed E-state index contributed by atoms with van der Waals surface area (Å²) in [7, 11) is 1.69. The van der Waals surface area contributed by atoms with Gasteiger partial charge in [-0.1, -0.05) is 12.1 Å². The topological polar surface area (TPSA) is 93.9 Å². The maximum Gasteiger partial charge on any atom is 0.272 e. The van der Waals surface area contributed by atoms with E-state index in [9.17, 15) is 4.79 Å². The van der Waals surface area contributed by atoms with Gasteiger partial charge in [-0.25, -0.2) is 5.10 Å². The van der Waals surface area contributed by atoms with Gasteiger partial charge in [-0.15, -0.1) is 0 Å². The van der Waals surface area contributed by atoms with E-state index in [1.807, 2.05) is 24.4 Å². The Balaban J connectivity index is 1.84. The van der Waals surface area contributed by atoms with Crippen molar-refractivity contribution in [1.82, 2.24) is 15.2 Å². The number of ether oxygens (including phenoxy) is 1. The van der Waals surface area contributed by atoms with Crippen LogP contribution in [0.5, 0.6) is 0 Å². The van der Waals surface area contributed by atoms with Crippen molar-refractivity contribution in [3.05, 3.63) is 63.8 Å². The average Bonchev–Trinajstić information content (AvgIpc) is 3.04. The molecule has 0 unspecified atom stereocenters. The fourth-order valence-corrected chi connectivity index (χ4v) is 3.27. The maximum atomic E-state index is 12.0. The van der Waals surface area contributed by atoms with Gasteiger partial charge in [0.25, 0.3) is 5.56 Å². The van der Waals surface area contributed by atoms with Crippen LogP contribution in [-0.4, -0.2) is 28.9 Å². The van der Waals surface area contributed by atoms with Gasteiger partial charge in [0.05, 0.1) is 23.4 Å². The van der Waals surface area contributed by atoms with Crippen molar-refractivity contribution in [2.45, 2.75) is 13.0 Å². The van der Waals surface area contributed by atoms with Crippen LogP contribution in [0.1, 0.15) is 17.0 Å². The molecule has 0 spiro atoms. The molecule has 0 fully saturated rings. The summed E-state index contributed by atoms with van der Waals surface area (Å²) in [5.41, 5.74) is 11.6. The number of nitrogens with zero attached hydrogens (tertiary/aromatic N) is 2. The Labute approximate surface area is 144 Å². The molecular formula is C19H18N4O2. The van der Waals surface area contributed by atoms with Crippen LogP contribution >= 0.6 is 0 Å². The third-order valence-corrected chi connectivity index (χ3v) is 4.55. The summed E-state index contributed by atoms with van der Waals surface area (Å²) in [6.07, 6.45) is 4.86. The molecule has 2 aromatic heterocycles. The molecule has 0 atom stereocenters. The van der Waals surface area contributed by atoms with Crippen molar-refractivity contribution in [1.29, 1.82) is 0 Å². The minimum atomic E-state index is -0.212. The predicted octanol–water partition coefficient (Wildman–Crippen LogP) is 2.03. The number of methoxy groups -OCH3 is 1. The normalized spacial score (nSPS) is 13.1. The highest BCUT2D eigenvalue weighted by molar-refractivity contribution is 5.88. The van der Waals surface area contributed by atoms with Gasteiger partial charge < -0.3 is 10.5 Å². The van der Waals surface area contributed by atoms with Gasteiger partial charge in [0.1, 0.15) is 0 Å². The van der Waals surface area contributed by atoms with Gasteiger partial charge in [0, 0.05) is 42.8 Å². The monoisotopic (exact) mass is 334 g/mol. The van der Waals surface area contributed by atoms with Crippen molar-refractivity contribution in [3.63, 3.8) is 0 Å². The number of nitrogens with two attached hydrogens (primary N) is 1. The summed E-state index contributed by atoms with van der Waals surface area (Å²) in [6, 6.07) is 7.82. The SMILES string of the molecule is COCC1=CCc2ncc(-c3ccc4c(=O)[nH]nc(CN)c4c3)cc21. The molecule has 0 bridgehead atoms. The highest BCUT2D eigenvalue weighted by Gasteiger charge is 2.16. The number of H-pyrrole nitrogens is 1. The second kappa shape index (κ2) is 6.23. The molecule has 6 nitrogen and oxygen atoms in total. The number of pyridine rings is 1. The molecule has 6 heteroatoms. The van der Waals surface area contributed by atoms with Crippen molar-refractivity contribution >= 4 is 16.3 Å². The van der Waals surface area contributed by atoms with Crippen molar-refractivity contribution in [3.8, 4) is 11.1 Å². The number of aromatic nitrogens is 3. The lowest BCUT2D eigenvalue weighted by Gasteiger charge is -2.09. The van der Waals surface area contributed by atoms with E-state index in [0.29, 0.717) is 17.7 Å². The summed E-state index contributed by atoms with van der Waals surface area (Å²) < 4.78 is 5.27. The van der Waals surface area contributed by atoms with Crippen LogP contribution in [0.4, 0.5) is 0 Å². The molecule has 126 valence electrons. The molecule has 3 N–H and O–H groups in total. The molecule has 3 aromatic rings. The molecule has 25 heavy (non-hydrogen) atoms. The molecule has 1 aliphatic carbocycles. The molecule has 1 aliphatic rings. The molecule has 0 radical (unpaired) electrons. The lowest BCUT2D eigenvalue weighted by Crippen LogP contribution is -2.13. The molecule has 2 heterocycles. The summed E-state index contributed by atoms with van der Waals surface area (Å²) in [6.45, 7) is 0.840. The van der Waals surface area contributed by atoms with E-state index < -0.39 is 0 Å². The van der Waals surface area contributed by atoms with Crippen LogP contribution in [-0.2, 0) is 17.7 Å². The second-order valence-electron chi connectivity index (χ2n) is 6.05.